The van der Waals surface area contributed by atoms with Gasteiger partial charge in [-0.25, -0.2) is 4.79 Å². The van der Waals surface area contributed by atoms with Crippen LogP contribution < -0.4 is 0 Å². The molecule has 7 unspecified atom stereocenters. The standard InChI is InChI=1S/C24H44O11/c1-16(25)33-15-19-20(28)21(29)22(30)24(35-19)34-14-17(26)12-10-8-6-4-2-3-5-7-9-11-13-18(27)23(31)32/h17-22,24,26-30H,2-15H2,1H3,(H,31,32). The van der Waals surface area contributed by atoms with Crippen LogP contribution in [0.15, 0.2) is 0 Å². The van der Waals surface area contributed by atoms with Gasteiger partial charge in [-0.2, -0.15) is 0 Å². The molecular weight excluding hydrogens is 464 g/mol. The summed E-state index contributed by atoms with van der Waals surface area (Å²) in [5.41, 5.74) is 0. The van der Waals surface area contributed by atoms with Gasteiger partial charge in [-0.3, -0.25) is 4.79 Å². The number of hydrogen-bond acceptors (Lipinski definition) is 10. The zero-order valence-electron chi connectivity index (χ0n) is 20.7. The molecule has 1 rings (SSSR count). The Morgan fingerprint density at radius 1 is 0.800 bits per heavy atom. The molecule has 206 valence electrons. The van der Waals surface area contributed by atoms with Crippen molar-refractivity contribution in [2.75, 3.05) is 13.2 Å². The zero-order valence-corrected chi connectivity index (χ0v) is 20.7. The lowest BCUT2D eigenvalue weighted by molar-refractivity contribution is -0.305. The summed E-state index contributed by atoms with van der Waals surface area (Å²) in [5, 5.41) is 57.9. The van der Waals surface area contributed by atoms with Crippen molar-refractivity contribution in [2.45, 2.75) is 127 Å². The normalized spacial score (nSPS) is 26.3. The summed E-state index contributed by atoms with van der Waals surface area (Å²) < 4.78 is 15.6. The smallest absolute Gasteiger partial charge is 0.332 e. The van der Waals surface area contributed by atoms with Crippen LogP contribution >= 0.6 is 0 Å². The van der Waals surface area contributed by atoms with Gasteiger partial charge in [0.1, 0.15) is 31.0 Å². The number of esters is 1. The summed E-state index contributed by atoms with van der Waals surface area (Å²) >= 11 is 0. The van der Waals surface area contributed by atoms with Crippen molar-refractivity contribution in [1.29, 1.82) is 0 Å². The fourth-order valence-corrected chi connectivity index (χ4v) is 3.94. The second kappa shape index (κ2) is 18.0. The summed E-state index contributed by atoms with van der Waals surface area (Å²) in [6, 6.07) is 0. The molecule has 7 atom stereocenters. The summed E-state index contributed by atoms with van der Waals surface area (Å²) in [4.78, 5) is 21.5. The predicted molar refractivity (Wildman–Crippen MR) is 124 cm³/mol. The Kier molecular flexibility index (Phi) is 16.3. The van der Waals surface area contributed by atoms with E-state index in [1.165, 1.54) is 6.92 Å². The molecule has 35 heavy (non-hydrogen) atoms. The molecule has 1 saturated heterocycles. The zero-order chi connectivity index (χ0) is 26.2. The first-order valence-corrected chi connectivity index (χ1v) is 12.7. The van der Waals surface area contributed by atoms with Crippen molar-refractivity contribution in [3.05, 3.63) is 0 Å². The first-order valence-electron chi connectivity index (χ1n) is 12.7. The number of carbonyl (C=O) groups excluding carboxylic acids is 1. The maximum absolute atomic E-state index is 11.0. The number of carboxylic acids is 1. The van der Waals surface area contributed by atoms with Crippen molar-refractivity contribution in [3.63, 3.8) is 0 Å². The fourth-order valence-electron chi connectivity index (χ4n) is 3.94. The van der Waals surface area contributed by atoms with E-state index in [1.54, 1.807) is 0 Å². The van der Waals surface area contributed by atoms with Crippen LogP contribution in [0.5, 0.6) is 0 Å². The molecular formula is C24H44O11. The topological polar surface area (TPSA) is 183 Å². The Labute approximate surface area is 207 Å². The van der Waals surface area contributed by atoms with Crippen molar-refractivity contribution in [2.24, 2.45) is 0 Å². The van der Waals surface area contributed by atoms with Gasteiger partial charge < -0.3 is 44.8 Å². The SMILES string of the molecule is CC(=O)OCC1OC(OCC(O)CCCCCCCCCCCCC(O)C(=O)O)C(O)C(O)C1O. The van der Waals surface area contributed by atoms with Crippen LogP contribution in [0.3, 0.4) is 0 Å². The van der Waals surface area contributed by atoms with Gasteiger partial charge in [0, 0.05) is 6.92 Å². The Bertz CT molecular complexity index is 588. The molecule has 6 N–H and O–H groups in total. The monoisotopic (exact) mass is 508 g/mol. The first kappa shape index (κ1) is 31.7. The van der Waals surface area contributed by atoms with Crippen LogP contribution in [0.1, 0.15) is 84.0 Å². The van der Waals surface area contributed by atoms with E-state index in [4.69, 9.17) is 19.3 Å². The molecule has 0 aromatic heterocycles. The number of aliphatic hydroxyl groups excluding tert-OH is 5. The molecule has 0 spiro atoms. The third-order valence-electron chi connectivity index (χ3n) is 6.12. The van der Waals surface area contributed by atoms with Crippen LogP contribution in [0.25, 0.3) is 0 Å². The lowest BCUT2D eigenvalue weighted by atomic mass is 9.99. The molecule has 1 fully saturated rings. The highest BCUT2D eigenvalue weighted by atomic mass is 16.7. The van der Waals surface area contributed by atoms with Crippen molar-refractivity contribution < 1.29 is 54.4 Å². The minimum atomic E-state index is -1.53. The molecule has 11 nitrogen and oxygen atoms in total. The van der Waals surface area contributed by atoms with Crippen molar-refractivity contribution in [1.82, 2.24) is 0 Å². The second-order valence-corrected chi connectivity index (χ2v) is 9.27. The van der Waals surface area contributed by atoms with Gasteiger partial charge in [-0.1, -0.05) is 64.2 Å². The highest BCUT2D eigenvalue weighted by Crippen LogP contribution is 2.23. The number of carbonyl (C=O) groups is 2. The van der Waals surface area contributed by atoms with Gasteiger partial charge in [0.15, 0.2) is 12.4 Å². The van der Waals surface area contributed by atoms with E-state index in [2.05, 4.69) is 0 Å². The molecule has 0 amide bonds. The summed E-state index contributed by atoms with van der Waals surface area (Å²) in [5.74, 6) is -1.73. The van der Waals surface area contributed by atoms with E-state index >= 15 is 0 Å². The highest BCUT2D eigenvalue weighted by Gasteiger charge is 2.44. The van der Waals surface area contributed by atoms with Crippen molar-refractivity contribution >= 4 is 11.9 Å². The van der Waals surface area contributed by atoms with Gasteiger partial charge >= 0.3 is 11.9 Å². The Morgan fingerprint density at radius 3 is 1.83 bits per heavy atom. The third-order valence-corrected chi connectivity index (χ3v) is 6.12. The van der Waals surface area contributed by atoms with Crippen LogP contribution in [-0.2, 0) is 23.8 Å². The maximum atomic E-state index is 11.0. The molecule has 0 saturated carbocycles. The Balaban J connectivity index is 2.05. The summed E-state index contributed by atoms with van der Waals surface area (Å²) in [6.45, 7) is 0.807. The molecule has 0 aromatic carbocycles. The molecule has 1 aliphatic heterocycles. The second-order valence-electron chi connectivity index (χ2n) is 9.27. The molecule has 0 bridgehead atoms. The molecule has 0 aliphatic carbocycles. The van der Waals surface area contributed by atoms with Gasteiger partial charge in [0.05, 0.1) is 12.7 Å². The van der Waals surface area contributed by atoms with E-state index in [0.29, 0.717) is 12.8 Å². The summed E-state index contributed by atoms with van der Waals surface area (Å²) in [6.07, 6.45) is 2.05. The first-order chi connectivity index (χ1) is 16.6. The average Bonchev–Trinajstić information content (AvgIpc) is 2.81. The van der Waals surface area contributed by atoms with Gasteiger partial charge in [0.25, 0.3) is 0 Å². The summed E-state index contributed by atoms with van der Waals surface area (Å²) in [7, 11) is 0. The maximum Gasteiger partial charge on any atom is 0.332 e. The Hall–Kier alpha value is -1.34. The molecule has 0 radical (unpaired) electrons. The van der Waals surface area contributed by atoms with Gasteiger partial charge in [-0.15, -0.1) is 0 Å². The quantitative estimate of drug-likeness (QED) is 0.107. The lowest BCUT2D eigenvalue weighted by Crippen LogP contribution is -2.59. The molecule has 11 heteroatoms. The van der Waals surface area contributed by atoms with Gasteiger partial charge in [-0.05, 0) is 12.8 Å². The van der Waals surface area contributed by atoms with E-state index < -0.39 is 54.9 Å². The van der Waals surface area contributed by atoms with Gasteiger partial charge in [0.2, 0.25) is 0 Å². The highest BCUT2D eigenvalue weighted by molar-refractivity contribution is 5.71. The number of ether oxygens (including phenoxy) is 3. The number of carboxylic acid groups (broad SMARTS) is 1. The van der Waals surface area contributed by atoms with E-state index in [0.717, 1.165) is 64.2 Å². The lowest BCUT2D eigenvalue weighted by Gasteiger charge is -2.40. The van der Waals surface area contributed by atoms with Crippen molar-refractivity contribution in [3.8, 4) is 0 Å². The number of hydrogen-bond donors (Lipinski definition) is 6. The molecule has 0 aromatic rings. The number of aliphatic carboxylic acids is 1. The van der Waals surface area contributed by atoms with E-state index in [1.807, 2.05) is 0 Å². The third kappa shape index (κ3) is 13.5. The minimum Gasteiger partial charge on any atom is -0.479 e. The number of rotatable bonds is 19. The van der Waals surface area contributed by atoms with Crippen LogP contribution in [0.2, 0.25) is 0 Å². The van der Waals surface area contributed by atoms with Crippen LogP contribution in [0.4, 0.5) is 0 Å². The average molecular weight is 509 g/mol. The van der Waals surface area contributed by atoms with E-state index in [-0.39, 0.29) is 13.2 Å². The van der Waals surface area contributed by atoms with E-state index in [9.17, 15) is 35.1 Å². The Morgan fingerprint density at radius 2 is 1.31 bits per heavy atom. The number of unbranched alkanes of at least 4 members (excludes halogenated alkanes) is 9. The molecule has 1 aliphatic rings. The molecule has 1 heterocycles. The van der Waals surface area contributed by atoms with Crippen LogP contribution in [0, 0.1) is 0 Å². The fraction of sp³-hybridized carbons (Fsp3) is 0.917. The largest absolute Gasteiger partial charge is 0.479 e. The predicted octanol–water partition coefficient (Wildman–Crippen LogP) is 0.861. The van der Waals surface area contributed by atoms with Crippen LogP contribution in [-0.4, -0.2) is 98.7 Å². The minimum absolute atomic E-state index is 0.103. The number of aliphatic hydroxyl groups is 5.